The van der Waals surface area contributed by atoms with Crippen molar-refractivity contribution in [2.45, 2.75) is 57.9 Å². The molecule has 2 saturated heterocycles. The summed E-state index contributed by atoms with van der Waals surface area (Å²) in [7, 11) is 0. The molecule has 1 amide bonds. The van der Waals surface area contributed by atoms with E-state index in [1.807, 2.05) is 24.0 Å². The molecule has 6 rings (SSSR count). The Kier molecular flexibility index (Phi) is 7.18. The maximum absolute atomic E-state index is 13.7. The Labute approximate surface area is 226 Å². The predicted molar refractivity (Wildman–Crippen MR) is 145 cm³/mol. The van der Waals surface area contributed by atoms with Gasteiger partial charge in [-0.05, 0) is 62.1 Å². The molecule has 0 unspecified atom stereocenters. The number of ether oxygens (including phenoxy) is 1. The molecule has 10 heteroatoms. The first-order valence-electron chi connectivity index (χ1n) is 14.3. The number of pyridine rings is 1. The molecule has 8 nitrogen and oxygen atoms in total. The minimum atomic E-state index is -2.59. The smallest absolute Gasteiger partial charge is 0.259 e. The number of hydrogen-bond donors (Lipinski definition) is 1. The lowest BCUT2D eigenvalue weighted by Crippen LogP contribution is -2.50. The van der Waals surface area contributed by atoms with E-state index in [1.165, 1.54) is 0 Å². The average Bonchev–Trinajstić information content (AvgIpc) is 3.35. The first-order valence-corrected chi connectivity index (χ1v) is 14.3. The number of piperazine rings is 1. The van der Waals surface area contributed by atoms with Gasteiger partial charge in [-0.3, -0.25) is 19.2 Å². The van der Waals surface area contributed by atoms with Gasteiger partial charge in [0.25, 0.3) is 11.5 Å². The summed E-state index contributed by atoms with van der Waals surface area (Å²) in [5, 5.41) is 5.69. The van der Waals surface area contributed by atoms with E-state index in [0.717, 1.165) is 56.6 Å². The highest BCUT2D eigenvalue weighted by Crippen LogP contribution is 2.37. The average molecular weight is 542 g/mol. The van der Waals surface area contributed by atoms with Crippen molar-refractivity contribution in [2.75, 3.05) is 45.9 Å². The predicted octanol–water partition coefficient (Wildman–Crippen LogP) is 4.20. The quantitative estimate of drug-likeness (QED) is 0.524. The number of aromatic amines is 1. The standard InChI is InChI=1S/C29H37F2N5O3/c1-19-14-25-23(15-22(19)28(38)35-10-8-34(9-11-35)17-21-4-12-39-13-5-21)26-24(27(37)33-25)16-32-36(26)18-20-2-6-29(30,31)7-3-20/h14-16,20-21H,2-13,17-18H2,1H3,(H,33,37). The molecule has 3 aliphatic rings. The van der Waals surface area contributed by atoms with Crippen LogP contribution in [0, 0.1) is 18.8 Å². The van der Waals surface area contributed by atoms with E-state index < -0.39 is 5.92 Å². The molecular formula is C29H37F2N5O3. The molecule has 0 bridgehead atoms. The molecule has 2 aromatic heterocycles. The van der Waals surface area contributed by atoms with Gasteiger partial charge < -0.3 is 14.6 Å². The molecule has 1 aromatic carbocycles. The fourth-order valence-corrected chi connectivity index (χ4v) is 6.53. The van der Waals surface area contributed by atoms with Crippen LogP contribution in [0.3, 0.4) is 0 Å². The van der Waals surface area contributed by atoms with Gasteiger partial charge in [0.1, 0.15) is 0 Å². The summed E-state index contributed by atoms with van der Waals surface area (Å²) in [5.41, 5.74) is 2.52. The number of benzene rings is 1. The number of carbonyl (C=O) groups is 1. The van der Waals surface area contributed by atoms with Crippen LogP contribution in [0.25, 0.3) is 21.8 Å². The lowest BCUT2D eigenvalue weighted by atomic mass is 9.87. The molecule has 0 atom stereocenters. The first-order chi connectivity index (χ1) is 18.8. The molecule has 1 N–H and O–H groups in total. The molecule has 3 fully saturated rings. The minimum absolute atomic E-state index is 0.0000404. The molecule has 210 valence electrons. The van der Waals surface area contributed by atoms with E-state index in [2.05, 4.69) is 15.0 Å². The Morgan fingerprint density at radius 1 is 1.03 bits per heavy atom. The van der Waals surface area contributed by atoms with Crippen molar-refractivity contribution in [1.82, 2.24) is 24.6 Å². The highest BCUT2D eigenvalue weighted by atomic mass is 19.3. The molecule has 1 aliphatic carbocycles. The fraction of sp³-hybridized carbons (Fsp3) is 0.621. The number of fused-ring (bicyclic) bond motifs is 3. The Balaban J connectivity index is 1.24. The molecule has 0 radical (unpaired) electrons. The van der Waals surface area contributed by atoms with Crippen LogP contribution in [0.5, 0.6) is 0 Å². The van der Waals surface area contributed by atoms with Crippen LogP contribution in [-0.4, -0.2) is 82.3 Å². The third-order valence-corrected chi connectivity index (χ3v) is 8.97. The number of nitrogens with one attached hydrogen (secondary N) is 1. The van der Waals surface area contributed by atoms with Gasteiger partial charge >= 0.3 is 0 Å². The Bertz CT molecular complexity index is 1410. The molecule has 1 saturated carbocycles. The van der Waals surface area contributed by atoms with Crippen LogP contribution >= 0.6 is 0 Å². The summed E-state index contributed by atoms with van der Waals surface area (Å²) in [5.74, 6) is -1.84. The summed E-state index contributed by atoms with van der Waals surface area (Å²) in [4.78, 5) is 33.9. The molecular weight excluding hydrogens is 504 g/mol. The minimum Gasteiger partial charge on any atom is -0.381 e. The van der Waals surface area contributed by atoms with Gasteiger partial charge in [-0.2, -0.15) is 5.10 Å². The molecule has 0 spiro atoms. The lowest BCUT2D eigenvalue weighted by molar-refractivity contribution is -0.0475. The van der Waals surface area contributed by atoms with Gasteiger partial charge in [0, 0.05) is 76.3 Å². The fourth-order valence-electron chi connectivity index (χ4n) is 6.53. The zero-order chi connectivity index (χ0) is 27.1. The summed E-state index contributed by atoms with van der Waals surface area (Å²) < 4.78 is 34.7. The first kappa shape index (κ1) is 26.4. The number of aryl methyl sites for hydroxylation is 1. The summed E-state index contributed by atoms with van der Waals surface area (Å²) >= 11 is 0. The number of H-pyrrole nitrogens is 1. The van der Waals surface area contributed by atoms with Crippen LogP contribution in [0.2, 0.25) is 0 Å². The summed E-state index contributed by atoms with van der Waals surface area (Å²) in [6, 6.07) is 3.75. The Hall–Kier alpha value is -2.85. The largest absolute Gasteiger partial charge is 0.381 e. The van der Waals surface area contributed by atoms with Gasteiger partial charge in [0.15, 0.2) is 0 Å². The second-order valence-electron chi connectivity index (χ2n) is 11.7. The molecule has 2 aliphatic heterocycles. The number of alkyl halides is 2. The normalized spacial score (nSPS) is 21.7. The van der Waals surface area contributed by atoms with Gasteiger partial charge in [0.05, 0.1) is 22.6 Å². The monoisotopic (exact) mass is 541 g/mol. The number of amides is 1. The third kappa shape index (κ3) is 5.45. The van der Waals surface area contributed by atoms with E-state index in [1.54, 1.807) is 10.9 Å². The van der Waals surface area contributed by atoms with Gasteiger partial charge in [0.2, 0.25) is 5.92 Å². The van der Waals surface area contributed by atoms with E-state index in [9.17, 15) is 18.4 Å². The number of hydrogen-bond acceptors (Lipinski definition) is 5. The maximum atomic E-state index is 13.7. The Morgan fingerprint density at radius 3 is 2.44 bits per heavy atom. The van der Waals surface area contributed by atoms with Crippen molar-refractivity contribution < 1.29 is 18.3 Å². The summed E-state index contributed by atoms with van der Waals surface area (Å²) in [6.45, 7) is 8.22. The van der Waals surface area contributed by atoms with E-state index in [0.29, 0.717) is 60.4 Å². The van der Waals surface area contributed by atoms with E-state index in [4.69, 9.17) is 4.74 Å². The highest BCUT2D eigenvalue weighted by Gasteiger charge is 2.35. The van der Waals surface area contributed by atoms with E-state index in [-0.39, 0.29) is 30.2 Å². The summed E-state index contributed by atoms with van der Waals surface area (Å²) in [6.07, 6.45) is 4.39. The van der Waals surface area contributed by atoms with Crippen LogP contribution in [0.1, 0.15) is 54.4 Å². The van der Waals surface area contributed by atoms with Crippen LogP contribution in [0.15, 0.2) is 23.1 Å². The zero-order valence-electron chi connectivity index (χ0n) is 22.6. The number of halogens is 2. The topological polar surface area (TPSA) is 83.5 Å². The van der Waals surface area contributed by atoms with Crippen LogP contribution < -0.4 is 5.56 Å². The van der Waals surface area contributed by atoms with Crippen molar-refractivity contribution in [1.29, 1.82) is 0 Å². The number of rotatable bonds is 5. The van der Waals surface area contributed by atoms with Crippen LogP contribution in [-0.2, 0) is 11.3 Å². The van der Waals surface area contributed by atoms with Crippen molar-refractivity contribution in [2.24, 2.45) is 11.8 Å². The van der Waals surface area contributed by atoms with E-state index >= 15 is 0 Å². The second kappa shape index (κ2) is 10.6. The third-order valence-electron chi connectivity index (χ3n) is 8.97. The molecule has 3 aromatic rings. The Morgan fingerprint density at radius 2 is 1.72 bits per heavy atom. The maximum Gasteiger partial charge on any atom is 0.259 e. The van der Waals surface area contributed by atoms with Crippen LogP contribution in [0.4, 0.5) is 8.78 Å². The van der Waals surface area contributed by atoms with Crippen molar-refractivity contribution in [3.05, 3.63) is 39.8 Å². The van der Waals surface area contributed by atoms with Gasteiger partial charge in [-0.15, -0.1) is 0 Å². The lowest BCUT2D eigenvalue weighted by Gasteiger charge is -2.37. The highest BCUT2D eigenvalue weighted by molar-refractivity contribution is 6.07. The van der Waals surface area contributed by atoms with Crippen molar-refractivity contribution in [3.8, 4) is 0 Å². The zero-order valence-corrected chi connectivity index (χ0v) is 22.6. The molecule has 4 heterocycles. The second-order valence-corrected chi connectivity index (χ2v) is 11.7. The number of carbonyl (C=O) groups excluding carboxylic acids is 1. The SMILES string of the molecule is Cc1cc2[nH]c(=O)c3cnn(CC4CCC(F)(F)CC4)c3c2cc1C(=O)N1CCN(CC2CCOCC2)CC1. The van der Waals surface area contributed by atoms with Gasteiger partial charge in [-0.25, -0.2) is 8.78 Å². The van der Waals surface area contributed by atoms with Crippen molar-refractivity contribution >= 4 is 27.7 Å². The number of aromatic nitrogens is 3. The molecule has 39 heavy (non-hydrogen) atoms. The van der Waals surface area contributed by atoms with Crippen molar-refractivity contribution in [3.63, 3.8) is 0 Å². The van der Waals surface area contributed by atoms with Gasteiger partial charge in [-0.1, -0.05) is 0 Å². The number of nitrogens with zero attached hydrogens (tertiary/aromatic N) is 4.